The van der Waals surface area contributed by atoms with Crippen molar-refractivity contribution in [1.29, 1.82) is 0 Å². The van der Waals surface area contributed by atoms with E-state index in [2.05, 4.69) is 25.7 Å². The Labute approximate surface area is 240 Å². The van der Waals surface area contributed by atoms with Gasteiger partial charge in [0.25, 0.3) is 0 Å². The van der Waals surface area contributed by atoms with Gasteiger partial charge in [-0.25, -0.2) is 0 Å². The molecular weight excluding hydrogens is 528 g/mol. The number of amides is 1. The van der Waals surface area contributed by atoms with Crippen LogP contribution in [0.5, 0.6) is 5.75 Å². The van der Waals surface area contributed by atoms with Gasteiger partial charge in [-0.05, 0) is 62.5 Å². The molecule has 0 spiro atoms. The fourth-order valence-corrected chi connectivity index (χ4v) is 7.56. The van der Waals surface area contributed by atoms with E-state index in [0.29, 0.717) is 12.1 Å². The van der Waals surface area contributed by atoms with E-state index in [4.69, 9.17) is 5.73 Å². The van der Waals surface area contributed by atoms with Crippen LogP contribution in [-0.4, -0.2) is 102 Å². The molecule has 3 aliphatic rings. The van der Waals surface area contributed by atoms with Crippen LogP contribution < -0.4 is 10.6 Å². The Kier molecular flexibility index (Phi) is 7.73. The van der Waals surface area contributed by atoms with Crippen molar-refractivity contribution in [3.8, 4) is 5.75 Å². The number of benzene rings is 1. The van der Waals surface area contributed by atoms with Gasteiger partial charge in [0.2, 0.25) is 5.91 Å². The second kappa shape index (κ2) is 10.3. The van der Waals surface area contributed by atoms with E-state index in [1.807, 2.05) is 26.0 Å². The van der Waals surface area contributed by atoms with Crippen LogP contribution in [0, 0.1) is 29.1 Å². The van der Waals surface area contributed by atoms with E-state index in [1.165, 1.54) is 4.90 Å². The number of aliphatic hydroxyl groups is 1. The van der Waals surface area contributed by atoms with Crippen molar-refractivity contribution < 1.29 is 34.2 Å². The first-order valence-corrected chi connectivity index (χ1v) is 13.9. The standard InChI is InChI=1S/C30H42N4O7/c1-29(2,3)13-34(8)12-15-11-18(35)20-16(22(15)32(4)5)9-14-10-17-23(33(6)7)25(37)21(28(31)40)27(39)30(17,41)26(38)19(14)24(20)36/h11,14,17,19,21,23,35,41H,9-10,12-13H2,1-8H3,(H2,31,40)/t14-,17-,19?,21?,23-,30-/m0/s1. The molecule has 11 nitrogen and oxygen atoms in total. The van der Waals surface area contributed by atoms with Crippen molar-refractivity contribution in [2.45, 2.75) is 51.8 Å². The first-order chi connectivity index (χ1) is 18.8. The van der Waals surface area contributed by atoms with Crippen LogP contribution in [0.15, 0.2) is 6.07 Å². The van der Waals surface area contributed by atoms with Gasteiger partial charge in [-0.1, -0.05) is 20.8 Å². The Balaban J connectivity index is 1.84. The summed E-state index contributed by atoms with van der Waals surface area (Å²) in [6.45, 7) is 7.70. The summed E-state index contributed by atoms with van der Waals surface area (Å²) >= 11 is 0. The molecule has 0 bridgehead atoms. The van der Waals surface area contributed by atoms with E-state index in [0.717, 1.165) is 17.8 Å². The van der Waals surface area contributed by atoms with Gasteiger partial charge >= 0.3 is 0 Å². The van der Waals surface area contributed by atoms with Crippen molar-refractivity contribution >= 4 is 34.7 Å². The van der Waals surface area contributed by atoms with Crippen LogP contribution in [0.3, 0.4) is 0 Å². The molecule has 6 atom stereocenters. The maximum atomic E-state index is 14.0. The summed E-state index contributed by atoms with van der Waals surface area (Å²) in [5.74, 6) is -10.4. The molecule has 2 fully saturated rings. The number of carbonyl (C=O) groups excluding carboxylic acids is 5. The number of nitrogens with zero attached hydrogens (tertiary/aromatic N) is 3. The molecule has 0 aliphatic heterocycles. The summed E-state index contributed by atoms with van der Waals surface area (Å²) < 4.78 is 0. The zero-order valence-electron chi connectivity index (χ0n) is 25.1. The van der Waals surface area contributed by atoms with Crippen LogP contribution in [0.2, 0.25) is 0 Å². The number of ketones is 4. The molecule has 1 aromatic rings. The van der Waals surface area contributed by atoms with Crippen LogP contribution in [0.25, 0.3) is 0 Å². The predicted molar refractivity (Wildman–Crippen MR) is 151 cm³/mol. The number of likely N-dealkylation sites (N-methyl/N-ethyl adjacent to an activating group) is 1. The second-order valence-electron chi connectivity index (χ2n) is 13.7. The summed E-state index contributed by atoms with van der Waals surface area (Å²) in [5.41, 5.74) is 4.88. The van der Waals surface area contributed by atoms with Crippen molar-refractivity contribution in [3.05, 3.63) is 22.8 Å². The monoisotopic (exact) mass is 570 g/mol. The van der Waals surface area contributed by atoms with Crippen molar-refractivity contribution in [2.75, 3.05) is 46.7 Å². The largest absolute Gasteiger partial charge is 0.507 e. The van der Waals surface area contributed by atoms with Gasteiger partial charge in [-0.2, -0.15) is 0 Å². The number of hydrogen-bond acceptors (Lipinski definition) is 10. The van der Waals surface area contributed by atoms with Crippen molar-refractivity contribution in [2.24, 2.45) is 34.8 Å². The Morgan fingerprint density at radius 3 is 2.20 bits per heavy atom. The smallest absolute Gasteiger partial charge is 0.235 e. The van der Waals surface area contributed by atoms with E-state index >= 15 is 0 Å². The fourth-order valence-electron chi connectivity index (χ4n) is 7.56. The lowest BCUT2D eigenvalue weighted by molar-refractivity contribution is -0.181. The Morgan fingerprint density at radius 2 is 1.68 bits per heavy atom. The number of aromatic hydroxyl groups is 1. The van der Waals surface area contributed by atoms with Crippen molar-refractivity contribution in [3.63, 3.8) is 0 Å². The molecule has 0 radical (unpaired) electrons. The molecule has 11 heteroatoms. The average Bonchev–Trinajstić information content (AvgIpc) is 2.79. The minimum Gasteiger partial charge on any atom is -0.507 e. The number of phenols is 1. The van der Waals surface area contributed by atoms with E-state index in [-0.39, 0.29) is 29.6 Å². The minimum atomic E-state index is -2.73. The normalized spacial score (nSPS) is 29.9. The van der Waals surface area contributed by atoms with E-state index in [9.17, 15) is 34.2 Å². The van der Waals surface area contributed by atoms with Gasteiger partial charge in [0.1, 0.15) is 5.75 Å². The number of anilines is 1. The number of fused-ring (bicyclic) bond motifs is 3. The second-order valence-corrected chi connectivity index (χ2v) is 13.7. The molecule has 0 saturated heterocycles. The number of hydrogen-bond donors (Lipinski definition) is 3. The Bertz CT molecular complexity index is 1330. The molecule has 2 unspecified atom stereocenters. The minimum absolute atomic E-state index is 0.00233. The average molecular weight is 571 g/mol. The molecule has 0 heterocycles. The molecular formula is C30H42N4O7. The first-order valence-electron chi connectivity index (χ1n) is 13.9. The van der Waals surface area contributed by atoms with E-state index < -0.39 is 64.4 Å². The number of nitrogens with two attached hydrogens (primary N) is 1. The molecule has 4 N–H and O–H groups in total. The van der Waals surface area contributed by atoms with Gasteiger partial charge in [0.15, 0.2) is 34.7 Å². The molecule has 0 aromatic heterocycles. The molecule has 3 aliphatic carbocycles. The summed E-state index contributed by atoms with van der Waals surface area (Å²) in [4.78, 5) is 72.3. The Morgan fingerprint density at radius 1 is 1.07 bits per heavy atom. The van der Waals surface area contributed by atoms with Crippen molar-refractivity contribution in [1.82, 2.24) is 9.80 Å². The molecule has 41 heavy (non-hydrogen) atoms. The summed E-state index contributed by atoms with van der Waals surface area (Å²) in [6.07, 6.45) is 0.245. The van der Waals surface area contributed by atoms with Crippen LogP contribution in [0.4, 0.5) is 5.69 Å². The zero-order chi connectivity index (χ0) is 30.9. The SMILES string of the molecule is CN(Cc1cc(O)c2c(c1N(C)C)C[C@H]1C[C@H]3[C@H](N(C)C)C(=O)C(C(N)=O)C(=O)[C@@]3(O)C(=O)C1C2=O)CC(C)(C)C. The van der Waals surface area contributed by atoms with Gasteiger partial charge in [0.05, 0.1) is 17.5 Å². The molecule has 2 saturated carbocycles. The number of Topliss-reactive ketones (excluding diaryl/α,β-unsaturated/α-hetero) is 4. The third-order valence-corrected chi connectivity index (χ3v) is 8.74. The third-order valence-electron chi connectivity index (χ3n) is 8.74. The summed E-state index contributed by atoms with van der Waals surface area (Å²) in [5, 5.41) is 22.9. The number of primary amides is 1. The quantitative estimate of drug-likeness (QED) is 0.409. The number of rotatable bonds is 6. The highest BCUT2D eigenvalue weighted by Gasteiger charge is 2.69. The lowest BCUT2D eigenvalue weighted by Crippen LogP contribution is -2.74. The van der Waals surface area contributed by atoms with Crippen LogP contribution in [-0.2, 0) is 32.1 Å². The lowest BCUT2D eigenvalue weighted by atomic mass is 9.52. The summed E-state index contributed by atoms with van der Waals surface area (Å²) in [6, 6.07) is 0.419. The van der Waals surface area contributed by atoms with Crippen LogP contribution in [0.1, 0.15) is 48.7 Å². The number of carbonyl (C=O) groups is 5. The molecule has 1 amide bonds. The highest BCUT2D eigenvalue weighted by molar-refractivity contribution is 6.32. The van der Waals surface area contributed by atoms with Gasteiger partial charge in [0, 0.05) is 38.8 Å². The zero-order valence-corrected chi connectivity index (χ0v) is 25.1. The topological polar surface area (TPSA) is 162 Å². The predicted octanol–water partition coefficient (Wildman–Crippen LogP) is 0.411. The highest BCUT2D eigenvalue weighted by Crippen LogP contribution is 2.52. The summed E-state index contributed by atoms with van der Waals surface area (Å²) in [7, 11) is 8.83. The van der Waals surface area contributed by atoms with Gasteiger partial charge in [-0.15, -0.1) is 0 Å². The number of phenolic OH excluding ortho intramolecular Hbond substituents is 1. The highest BCUT2D eigenvalue weighted by atomic mass is 16.3. The van der Waals surface area contributed by atoms with Gasteiger partial charge < -0.3 is 25.7 Å². The van der Waals surface area contributed by atoms with Gasteiger partial charge in [-0.3, -0.25) is 28.9 Å². The Hall–Kier alpha value is -3.15. The maximum absolute atomic E-state index is 14.0. The maximum Gasteiger partial charge on any atom is 0.235 e. The van der Waals surface area contributed by atoms with E-state index in [1.54, 1.807) is 20.2 Å². The molecule has 4 rings (SSSR count). The lowest BCUT2D eigenvalue weighted by Gasteiger charge is -2.52. The molecule has 1 aromatic carbocycles. The first kappa shape index (κ1) is 30.8. The third kappa shape index (κ3) is 4.87. The molecule has 224 valence electrons. The van der Waals surface area contributed by atoms with Crippen LogP contribution >= 0.6 is 0 Å². The fraction of sp³-hybridized carbons (Fsp3) is 0.633.